The number of piperidine rings is 1. The summed E-state index contributed by atoms with van der Waals surface area (Å²) in [5, 5.41) is 12.9. The van der Waals surface area contributed by atoms with Crippen molar-refractivity contribution in [3.05, 3.63) is 70.6 Å². The van der Waals surface area contributed by atoms with Crippen LogP contribution in [0.4, 0.5) is 0 Å². The average Bonchev–Trinajstić information content (AvgIpc) is 2.57. The van der Waals surface area contributed by atoms with E-state index in [4.69, 9.17) is 0 Å². The minimum Gasteiger partial charge on any atom is -0.508 e. The van der Waals surface area contributed by atoms with Crippen molar-refractivity contribution >= 4 is 0 Å². The Bertz CT molecular complexity index is 617. The maximum Gasteiger partial charge on any atom is 0.130 e. The fourth-order valence-corrected chi connectivity index (χ4v) is 3.13. The third-order valence-corrected chi connectivity index (χ3v) is 4.51. The van der Waals surface area contributed by atoms with Gasteiger partial charge in [-0.25, -0.2) is 0 Å². The first kappa shape index (κ1) is 14.7. The molecule has 0 bridgehead atoms. The van der Waals surface area contributed by atoms with Gasteiger partial charge in [0.05, 0.1) is 0 Å². The summed E-state index contributed by atoms with van der Waals surface area (Å²) in [6.45, 7) is 2.61. The Balaban J connectivity index is 1.68. The number of hydrogen-bond acceptors (Lipinski definition) is 4. The number of rotatable bonds is 4. The first-order valence-electron chi connectivity index (χ1n) is 7.62. The summed E-state index contributed by atoms with van der Waals surface area (Å²) < 4.78 is 0. The second-order valence-corrected chi connectivity index (χ2v) is 5.93. The smallest absolute Gasteiger partial charge is 0.130 e. The van der Waals surface area contributed by atoms with Crippen molar-refractivity contribution in [2.45, 2.75) is 24.9 Å². The molecule has 4 nitrogen and oxygen atoms in total. The van der Waals surface area contributed by atoms with E-state index in [2.05, 4.69) is 22.2 Å². The van der Waals surface area contributed by atoms with Crippen LogP contribution in [0.3, 0.4) is 0 Å². The summed E-state index contributed by atoms with van der Waals surface area (Å²) >= 11 is 0. The molecule has 0 spiro atoms. The Morgan fingerprint density at radius 3 is 2.23 bits per heavy atom. The zero-order chi connectivity index (χ0) is 15.4. The lowest BCUT2D eigenvalue weighted by atomic mass is 9.81. The first-order chi connectivity index (χ1) is 10.7. The maximum absolute atomic E-state index is 11.5. The number of phenols is 1. The van der Waals surface area contributed by atoms with Crippen LogP contribution in [0, 0.1) is 4.91 Å². The van der Waals surface area contributed by atoms with E-state index in [0.717, 1.165) is 25.2 Å². The first-order valence-corrected chi connectivity index (χ1v) is 7.62. The lowest BCUT2D eigenvalue weighted by Gasteiger charge is -2.37. The molecule has 1 aliphatic heterocycles. The molecule has 1 aliphatic rings. The van der Waals surface area contributed by atoms with E-state index in [1.807, 2.05) is 30.3 Å². The molecule has 0 aliphatic carbocycles. The second-order valence-electron chi connectivity index (χ2n) is 5.93. The third-order valence-electron chi connectivity index (χ3n) is 4.51. The summed E-state index contributed by atoms with van der Waals surface area (Å²) in [6.07, 6.45) is 1.43. The Kier molecular flexibility index (Phi) is 4.20. The molecule has 0 atom stereocenters. The van der Waals surface area contributed by atoms with Crippen LogP contribution >= 0.6 is 0 Å². The molecule has 1 heterocycles. The lowest BCUT2D eigenvalue weighted by molar-refractivity contribution is 0.155. The van der Waals surface area contributed by atoms with E-state index in [9.17, 15) is 10.0 Å². The van der Waals surface area contributed by atoms with Crippen LogP contribution in [-0.4, -0.2) is 23.1 Å². The molecule has 0 amide bonds. The molecule has 0 radical (unpaired) electrons. The van der Waals surface area contributed by atoms with Crippen LogP contribution in [0.2, 0.25) is 0 Å². The molecule has 0 saturated carbocycles. The van der Waals surface area contributed by atoms with Gasteiger partial charge < -0.3 is 5.11 Å². The van der Waals surface area contributed by atoms with Gasteiger partial charge in [-0.3, -0.25) is 4.90 Å². The van der Waals surface area contributed by atoms with Crippen molar-refractivity contribution in [3.8, 4) is 5.75 Å². The number of nitroso groups, excluding NO2 is 1. The van der Waals surface area contributed by atoms with Crippen molar-refractivity contribution < 1.29 is 5.11 Å². The SMILES string of the molecule is O=NC1(c2ccc(O)cc2)CCN(Cc2ccccc2)CC1. The van der Waals surface area contributed by atoms with Crippen LogP contribution in [0.25, 0.3) is 0 Å². The molecule has 0 unspecified atom stereocenters. The molecule has 1 saturated heterocycles. The van der Waals surface area contributed by atoms with Gasteiger partial charge in [0.2, 0.25) is 0 Å². The number of aromatic hydroxyl groups is 1. The Morgan fingerprint density at radius 1 is 1.00 bits per heavy atom. The van der Waals surface area contributed by atoms with E-state index in [1.165, 1.54) is 5.56 Å². The fourth-order valence-electron chi connectivity index (χ4n) is 3.13. The zero-order valence-corrected chi connectivity index (χ0v) is 12.5. The molecule has 2 aromatic rings. The molecular weight excluding hydrogens is 276 g/mol. The van der Waals surface area contributed by atoms with Gasteiger partial charge in [0.15, 0.2) is 0 Å². The molecule has 4 heteroatoms. The summed E-state index contributed by atoms with van der Waals surface area (Å²) in [4.78, 5) is 13.9. The van der Waals surface area contributed by atoms with E-state index in [-0.39, 0.29) is 5.75 Å². The molecule has 0 aromatic heterocycles. The highest BCUT2D eigenvalue weighted by molar-refractivity contribution is 5.32. The highest BCUT2D eigenvalue weighted by Crippen LogP contribution is 2.37. The molecular formula is C18H20N2O2. The second kappa shape index (κ2) is 6.28. The highest BCUT2D eigenvalue weighted by atomic mass is 16.3. The van der Waals surface area contributed by atoms with Gasteiger partial charge in [-0.15, -0.1) is 4.91 Å². The monoisotopic (exact) mass is 296 g/mol. The Morgan fingerprint density at radius 2 is 1.64 bits per heavy atom. The van der Waals surface area contributed by atoms with Crippen molar-refractivity contribution in [1.82, 2.24) is 4.90 Å². The molecule has 114 valence electrons. The van der Waals surface area contributed by atoms with Crippen LogP contribution in [0.5, 0.6) is 5.75 Å². The summed E-state index contributed by atoms with van der Waals surface area (Å²) in [6, 6.07) is 17.2. The van der Waals surface area contributed by atoms with E-state index in [1.54, 1.807) is 12.1 Å². The van der Waals surface area contributed by atoms with Crippen LogP contribution in [-0.2, 0) is 12.1 Å². The van der Waals surface area contributed by atoms with E-state index >= 15 is 0 Å². The number of nitrogens with zero attached hydrogens (tertiary/aromatic N) is 2. The van der Waals surface area contributed by atoms with Crippen LogP contribution < -0.4 is 0 Å². The summed E-state index contributed by atoms with van der Waals surface area (Å²) in [5.41, 5.74) is 1.54. The largest absolute Gasteiger partial charge is 0.508 e. The summed E-state index contributed by atoms with van der Waals surface area (Å²) in [5.74, 6) is 0.214. The van der Waals surface area contributed by atoms with Gasteiger partial charge in [-0.05, 0) is 36.1 Å². The number of phenolic OH excluding ortho intramolecular Hbond substituents is 1. The Labute approximate surface area is 130 Å². The van der Waals surface area contributed by atoms with Gasteiger partial charge in [0.1, 0.15) is 11.3 Å². The standard InChI is InChI=1S/C18H20N2O2/c21-17-8-6-16(7-9-17)18(19-22)10-12-20(13-11-18)14-15-4-2-1-3-5-15/h1-9,21H,10-14H2. The molecule has 22 heavy (non-hydrogen) atoms. The quantitative estimate of drug-likeness (QED) is 0.876. The number of benzene rings is 2. The van der Waals surface area contributed by atoms with Crippen molar-refractivity contribution in [2.24, 2.45) is 5.18 Å². The van der Waals surface area contributed by atoms with E-state index < -0.39 is 5.54 Å². The normalized spacial score (nSPS) is 18.0. The lowest BCUT2D eigenvalue weighted by Crippen LogP contribution is -2.41. The van der Waals surface area contributed by atoms with Crippen molar-refractivity contribution in [2.75, 3.05) is 13.1 Å². The highest BCUT2D eigenvalue weighted by Gasteiger charge is 2.37. The minimum atomic E-state index is -0.652. The Hall–Kier alpha value is -2.20. The fraction of sp³-hybridized carbons (Fsp3) is 0.333. The topological polar surface area (TPSA) is 52.9 Å². The number of hydrogen-bond donors (Lipinski definition) is 1. The minimum absolute atomic E-state index is 0.214. The van der Waals surface area contributed by atoms with Crippen molar-refractivity contribution in [3.63, 3.8) is 0 Å². The average molecular weight is 296 g/mol. The van der Waals surface area contributed by atoms with E-state index in [0.29, 0.717) is 12.8 Å². The van der Waals surface area contributed by atoms with Crippen LogP contribution in [0.15, 0.2) is 59.8 Å². The predicted octanol–water partition coefficient (Wildman–Crippen LogP) is 3.65. The maximum atomic E-state index is 11.5. The third kappa shape index (κ3) is 3.02. The predicted molar refractivity (Wildman–Crippen MR) is 86.5 cm³/mol. The van der Waals surface area contributed by atoms with Gasteiger partial charge in [0, 0.05) is 19.6 Å². The van der Waals surface area contributed by atoms with Gasteiger partial charge in [0.25, 0.3) is 0 Å². The van der Waals surface area contributed by atoms with Gasteiger partial charge in [-0.1, -0.05) is 47.6 Å². The molecule has 1 fully saturated rings. The molecule has 3 rings (SSSR count). The molecule has 1 N–H and O–H groups in total. The van der Waals surface area contributed by atoms with Gasteiger partial charge >= 0.3 is 0 Å². The van der Waals surface area contributed by atoms with Gasteiger partial charge in [-0.2, -0.15) is 0 Å². The molecule has 2 aromatic carbocycles. The number of likely N-dealkylation sites (tertiary alicyclic amines) is 1. The summed E-state index contributed by atoms with van der Waals surface area (Å²) in [7, 11) is 0. The van der Waals surface area contributed by atoms with Crippen LogP contribution in [0.1, 0.15) is 24.0 Å². The van der Waals surface area contributed by atoms with Crippen molar-refractivity contribution in [1.29, 1.82) is 0 Å². The zero-order valence-electron chi connectivity index (χ0n) is 12.5.